The molecule has 1 aromatic heterocycles. The van der Waals surface area contributed by atoms with Gasteiger partial charge in [0.05, 0.1) is 6.54 Å². The van der Waals surface area contributed by atoms with E-state index in [4.69, 9.17) is 10.3 Å². The molecule has 1 aliphatic heterocycles. The summed E-state index contributed by atoms with van der Waals surface area (Å²) in [5.74, 6) is 1.51. The molecule has 1 fully saturated rings. The minimum absolute atomic E-state index is 0.370. The number of hydrogen-bond acceptors (Lipinski definition) is 5. The molecule has 1 aliphatic rings. The molecule has 0 spiro atoms. The van der Waals surface area contributed by atoms with Gasteiger partial charge >= 0.3 is 0 Å². The van der Waals surface area contributed by atoms with E-state index in [1.807, 2.05) is 6.92 Å². The number of nitrogens with two attached hydrogens (primary N) is 1. The maximum atomic E-state index is 5.84. The van der Waals surface area contributed by atoms with Gasteiger partial charge in [-0.2, -0.15) is 4.98 Å². The third-order valence-electron chi connectivity index (χ3n) is 2.82. The smallest absolute Gasteiger partial charge is 0.240 e. The predicted octanol–water partition coefficient (Wildman–Crippen LogP) is 0.555. The molecule has 0 bridgehead atoms. The van der Waals surface area contributed by atoms with E-state index >= 15 is 0 Å². The molecule has 0 atom stereocenters. The van der Waals surface area contributed by atoms with Gasteiger partial charge in [-0.05, 0) is 12.8 Å². The Balaban J connectivity index is 1.86. The minimum atomic E-state index is 0.370. The average Bonchev–Trinajstić information content (AvgIpc) is 2.69. The number of piperidine rings is 1. The first-order valence-corrected chi connectivity index (χ1v) is 5.57. The Labute approximate surface area is 89.6 Å². The molecule has 2 rings (SSSR count). The Morgan fingerprint density at radius 3 is 2.80 bits per heavy atom. The highest BCUT2D eigenvalue weighted by Gasteiger charge is 2.18. The fraction of sp³-hybridized carbons (Fsp3) is 0.800. The van der Waals surface area contributed by atoms with Gasteiger partial charge in [-0.15, -0.1) is 0 Å². The Hall–Kier alpha value is -0.940. The second-order valence-corrected chi connectivity index (χ2v) is 4.07. The molecule has 0 radical (unpaired) electrons. The molecule has 1 saturated heterocycles. The molecule has 5 nitrogen and oxygen atoms in total. The van der Waals surface area contributed by atoms with E-state index in [-0.39, 0.29) is 0 Å². The van der Waals surface area contributed by atoms with E-state index < -0.39 is 0 Å². The van der Waals surface area contributed by atoms with Crippen molar-refractivity contribution in [2.24, 2.45) is 5.73 Å². The number of rotatable bonds is 3. The summed E-state index contributed by atoms with van der Waals surface area (Å²) >= 11 is 0. The molecular weight excluding hydrogens is 192 g/mol. The van der Waals surface area contributed by atoms with Gasteiger partial charge in [0.25, 0.3) is 0 Å². The fourth-order valence-electron chi connectivity index (χ4n) is 1.80. The van der Waals surface area contributed by atoms with Crippen molar-refractivity contribution in [3.05, 3.63) is 11.7 Å². The van der Waals surface area contributed by atoms with Crippen LogP contribution in [0.3, 0.4) is 0 Å². The summed E-state index contributed by atoms with van der Waals surface area (Å²) in [7, 11) is 0. The standard InChI is InChI=1S/C10H18N4O/c1-2-9-12-10(15-13-9)7-14-5-3-8(11)4-6-14/h8H,2-7,11H2,1H3. The SMILES string of the molecule is CCc1noc(CN2CCC(N)CC2)n1. The van der Waals surface area contributed by atoms with Crippen molar-refractivity contribution < 1.29 is 4.52 Å². The van der Waals surface area contributed by atoms with Crippen LogP contribution in [0.15, 0.2) is 4.52 Å². The number of likely N-dealkylation sites (tertiary alicyclic amines) is 1. The average molecular weight is 210 g/mol. The molecule has 84 valence electrons. The molecular formula is C10H18N4O. The van der Waals surface area contributed by atoms with Crippen LogP contribution in [0, 0.1) is 0 Å². The second kappa shape index (κ2) is 4.72. The van der Waals surface area contributed by atoms with Crippen molar-refractivity contribution in [1.29, 1.82) is 0 Å². The quantitative estimate of drug-likeness (QED) is 0.789. The topological polar surface area (TPSA) is 68.2 Å². The highest BCUT2D eigenvalue weighted by atomic mass is 16.5. The molecule has 5 heteroatoms. The first kappa shape index (κ1) is 10.6. The van der Waals surface area contributed by atoms with Crippen LogP contribution in [0.5, 0.6) is 0 Å². The van der Waals surface area contributed by atoms with Crippen LogP contribution in [-0.2, 0) is 13.0 Å². The van der Waals surface area contributed by atoms with Gasteiger partial charge in [-0.1, -0.05) is 12.1 Å². The van der Waals surface area contributed by atoms with Crippen molar-refractivity contribution in [2.45, 2.75) is 38.8 Å². The summed E-state index contributed by atoms with van der Waals surface area (Å²) in [6, 6.07) is 0.370. The Morgan fingerprint density at radius 1 is 1.47 bits per heavy atom. The zero-order valence-corrected chi connectivity index (χ0v) is 9.15. The van der Waals surface area contributed by atoms with Gasteiger partial charge in [0, 0.05) is 25.6 Å². The lowest BCUT2D eigenvalue weighted by atomic mass is 10.1. The van der Waals surface area contributed by atoms with Crippen molar-refractivity contribution in [3.63, 3.8) is 0 Å². The van der Waals surface area contributed by atoms with Crippen LogP contribution in [0.4, 0.5) is 0 Å². The van der Waals surface area contributed by atoms with Crippen molar-refractivity contribution >= 4 is 0 Å². The number of nitrogens with zero attached hydrogens (tertiary/aromatic N) is 3. The van der Waals surface area contributed by atoms with Crippen LogP contribution < -0.4 is 5.73 Å². The van der Waals surface area contributed by atoms with Crippen LogP contribution in [0.25, 0.3) is 0 Å². The largest absolute Gasteiger partial charge is 0.338 e. The number of aromatic nitrogens is 2. The van der Waals surface area contributed by atoms with Crippen molar-refractivity contribution in [2.75, 3.05) is 13.1 Å². The molecule has 1 aromatic rings. The van der Waals surface area contributed by atoms with E-state index in [9.17, 15) is 0 Å². The van der Waals surface area contributed by atoms with E-state index in [0.29, 0.717) is 6.04 Å². The van der Waals surface area contributed by atoms with E-state index in [1.54, 1.807) is 0 Å². The van der Waals surface area contributed by atoms with Gasteiger partial charge in [0.15, 0.2) is 5.82 Å². The minimum Gasteiger partial charge on any atom is -0.338 e. The Bertz CT molecular complexity index is 304. The van der Waals surface area contributed by atoms with Crippen LogP contribution in [0.1, 0.15) is 31.5 Å². The van der Waals surface area contributed by atoms with Gasteiger partial charge in [-0.25, -0.2) is 0 Å². The third-order valence-corrected chi connectivity index (χ3v) is 2.82. The van der Waals surface area contributed by atoms with E-state index in [2.05, 4.69) is 15.0 Å². The van der Waals surface area contributed by atoms with Crippen molar-refractivity contribution in [3.8, 4) is 0 Å². The maximum absolute atomic E-state index is 5.84. The molecule has 2 N–H and O–H groups in total. The third kappa shape index (κ3) is 2.76. The fourth-order valence-corrected chi connectivity index (χ4v) is 1.80. The first-order valence-electron chi connectivity index (χ1n) is 5.57. The maximum Gasteiger partial charge on any atom is 0.240 e. The normalized spacial score (nSPS) is 19.6. The highest BCUT2D eigenvalue weighted by Crippen LogP contribution is 2.11. The van der Waals surface area contributed by atoms with E-state index in [1.165, 1.54) is 0 Å². The number of aryl methyl sites for hydroxylation is 1. The van der Waals surface area contributed by atoms with Crippen molar-refractivity contribution in [1.82, 2.24) is 15.0 Å². The predicted molar refractivity (Wildman–Crippen MR) is 56.2 cm³/mol. The molecule has 0 aliphatic carbocycles. The number of hydrogen-bond donors (Lipinski definition) is 1. The van der Waals surface area contributed by atoms with Crippen LogP contribution >= 0.6 is 0 Å². The van der Waals surface area contributed by atoms with Gasteiger partial charge in [-0.3, -0.25) is 4.90 Å². The summed E-state index contributed by atoms with van der Waals surface area (Å²) in [6.45, 7) is 4.85. The first-order chi connectivity index (χ1) is 7.28. The van der Waals surface area contributed by atoms with Gasteiger partial charge in [0.1, 0.15) is 0 Å². The van der Waals surface area contributed by atoms with Crippen LogP contribution in [-0.4, -0.2) is 34.2 Å². The molecule has 0 unspecified atom stereocenters. The lowest BCUT2D eigenvalue weighted by Gasteiger charge is -2.28. The second-order valence-electron chi connectivity index (χ2n) is 4.07. The zero-order valence-electron chi connectivity index (χ0n) is 9.15. The summed E-state index contributed by atoms with van der Waals surface area (Å²) in [5.41, 5.74) is 5.84. The summed E-state index contributed by atoms with van der Waals surface area (Å²) in [5, 5.41) is 3.88. The Morgan fingerprint density at radius 2 is 2.20 bits per heavy atom. The molecule has 2 heterocycles. The monoisotopic (exact) mass is 210 g/mol. The van der Waals surface area contributed by atoms with Gasteiger partial charge < -0.3 is 10.3 Å². The van der Waals surface area contributed by atoms with Crippen LogP contribution in [0.2, 0.25) is 0 Å². The molecule has 15 heavy (non-hydrogen) atoms. The molecule has 0 amide bonds. The Kier molecular flexibility index (Phi) is 3.33. The summed E-state index contributed by atoms with van der Waals surface area (Å²) in [4.78, 5) is 6.61. The highest BCUT2D eigenvalue weighted by molar-refractivity contribution is 4.86. The zero-order chi connectivity index (χ0) is 10.7. The molecule has 0 saturated carbocycles. The lowest BCUT2D eigenvalue weighted by molar-refractivity contribution is 0.182. The summed E-state index contributed by atoms with van der Waals surface area (Å²) < 4.78 is 5.15. The lowest BCUT2D eigenvalue weighted by Crippen LogP contribution is -2.39. The van der Waals surface area contributed by atoms with Gasteiger partial charge in [0.2, 0.25) is 5.89 Å². The van der Waals surface area contributed by atoms with E-state index in [0.717, 1.165) is 50.6 Å². The molecule has 0 aromatic carbocycles. The summed E-state index contributed by atoms with van der Waals surface area (Å²) in [6.07, 6.45) is 2.96.